The largest absolute Gasteiger partial charge is 0.460 e. The van der Waals surface area contributed by atoms with E-state index >= 15 is 0 Å². The number of aryl methyl sites for hydroxylation is 2. The van der Waals surface area contributed by atoms with Crippen molar-refractivity contribution in [1.29, 1.82) is 0 Å². The summed E-state index contributed by atoms with van der Waals surface area (Å²) in [4.78, 5) is 15.8. The SMILES string of the molecule is C\C=c1/c(=C\C=C\C2=C(c3nc(-c4ccc(C)cc4)nc(-c4cccc5c6c(oc45)CC(C)C=C6)n3)c3c(oc4ccccc34)CC2)oc2ccccc12. The van der Waals surface area contributed by atoms with Gasteiger partial charge in [0.25, 0.3) is 0 Å². The third kappa shape index (κ3) is 5.36. The molecule has 0 radical (unpaired) electrons. The molecule has 4 aromatic heterocycles. The molecule has 0 bridgehead atoms. The first-order valence-electron chi connectivity index (χ1n) is 18.6. The number of benzene rings is 4. The van der Waals surface area contributed by atoms with Crippen LogP contribution in [0, 0.1) is 12.8 Å². The molecule has 0 saturated carbocycles. The summed E-state index contributed by atoms with van der Waals surface area (Å²) in [7, 11) is 0. The smallest absolute Gasteiger partial charge is 0.167 e. The second-order valence-electron chi connectivity index (χ2n) is 14.3. The van der Waals surface area contributed by atoms with Gasteiger partial charge < -0.3 is 13.3 Å². The summed E-state index contributed by atoms with van der Waals surface area (Å²) < 4.78 is 19.4. The molecule has 1 atom stereocenters. The Hall–Kier alpha value is -6.53. The van der Waals surface area contributed by atoms with E-state index in [1.54, 1.807) is 0 Å². The summed E-state index contributed by atoms with van der Waals surface area (Å²) >= 11 is 0. The van der Waals surface area contributed by atoms with Crippen LogP contribution in [-0.2, 0) is 12.8 Å². The molecule has 2 aliphatic carbocycles. The van der Waals surface area contributed by atoms with Gasteiger partial charge in [0.15, 0.2) is 17.5 Å². The van der Waals surface area contributed by atoms with Gasteiger partial charge in [-0.05, 0) is 56.0 Å². The number of hydrogen-bond donors (Lipinski definition) is 0. The molecule has 0 saturated heterocycles. The molecular weight excluding hydrogens is 667 g/mol. The average molecular weight is 704 g/mol. The van der Waals surface area contributed by atoms with Gasteiger partial charge in [0.05, 0.1) is 5.56 Å². The van der Waals surface area contributed by atoms with Crippen molar-refractivity contribution in [2.45, 2.75) is 40.0 Å². The van der Waals surface area contributed by atoms with Gasteiger partial charge in [0.2, 0.25) is 0 Å². The van der Waals surface area contributed by atoms with Crippen LogP contribution < -0.4 is 10.6 Å². The molecule has 8 aromatic rings. The zero-order valence-electron chi connectivity index (χ0n) is 30.4. The third-order valence-corrected chi connectivity index (χ3v) is 10.7. The lowest BCUT2D eigenvalue weighted by Crippen LogP contribution is -2.18. The second kappa shape index (κ2) is 12.8. The number of para-hydroxylation sites is 3. The predicted molar refractivity (Wildman–Crippen MR) is 217 cm³/mol. The van der Waals surface area contributed by atoms with Crippen LogP contribution in [0.5, 0.6) is 0 Å². The third-order valence-electron chi connectivity index (χ3n) is 10.7. The van der Waals surface area contributed by atoms with Crippen LogP contribution in [-0.4, -0.2) is 15.0 Å². The van der Waals surface area contributed by atoms with E-state index in [2.05, 4.69) is 105 Å². The van der Waals surface area contributed by atoms with E-state index in [4.69, 9.17) is 28.2 Å². The molecule has 10 rings (SSSR count). The fourth-order valence-corrected chi connectivity index (χ4v) is 8.02. The zero-order valence-corrected chi connectivity index (χ0v) is 30.4. The summed E-state index contributed by atoms with van der Waals surface area (Å²) in [6.07, 6.45) is 15.2. The van der Waals surface area contributed by atoms with Gasteiger partial charge in [-0.1, -0.05) is 116 Å². The summed E-state index contributed by atoms with van der Waals surface area (Å²) in [6.45, 7) is 6.35. The molecule has 4 heterocycles. The summed E-state index contributed by atoms with van der Waals surface area (Å²) in [5.41, 5.74) is 10.5. The van der Waals surface area contributed by atoms with Gasteiger partial charge in [-0.15, -0.1) is 0 Å². The lowest BCUT2D eigenvalue weighted by molar-refractivity contribution is 0.514. The van der Waals surface area contributed by atoms with Crippen molar-refractivity contribution in [1.82, 2.24) is 15.0 Å². The average Bonchev–Trinajstić information content (AvgIpc) is 3.88. The molecule has 1 unspecified atom stereocenters. The molecular formula is C48H37N3O3. The lowest BCUT2D eigenvalue weighted by Gasteiger charge is -2.19. The Morgan fingerprint density at radius 3 is 2.28 bits per heavy atom. The van der Waals surface area contributed by atoms with Gasteiger partial charge in [-0.2, -0.15) is 0 Å². The molecule has 0 N–H and O–H groups in total. The van der Waals surface area contributed by atoms with Crippen LogP contribution in [0.15, 0.2) is 128 Å². The van der Waals surface area contributed by atoms with E-state index in [0.29, 0.717) is 23.4 Å². The minimum absolute atomic E-state index is 0.415. The number of fused-ring (bicyclic) bond motifs is 7. The van der Waals surface area contributed by atoms with E-state index in [-0.39, 0.29) is 0 Å². The molecule has 6 nitrogen and oxygen atoms in total. The van der Waals surface area contributed by atoms with Gasteiger partial charge in [-0.25, -0.2) is 15.0 Å². The molecule has 2 aliphatic rings. The van der Waals surface area contributed by atoms with Crippen molar-refractivity contribution in [2.75, 3.05) is 0 Å². The Morgan fingerprint density at radius 2 is 1.44 bits per heavy atom. The molecule has 4 aromatic carbocycles. The van der Waals surface area contributed by atoms with Gasteiger partial charge in [-0.3, -0.25) is 0 Å². The molecule has 6 heteroatoms. The number of aromatic nitrogens is 3. The second-order valence-corrected chi connectivity index (χ2v) is 14.3. The normalized spacial score (nSPS) is 16.4. The summed E-state index contributed by atoms with van der Waals surface area (Å²) in [5.74, 6) is 4.12. The highest BCUT2D eigenvalue weighted by atomic mass is 16.3. The number of allylic oxidation sites excluding steroid dienone is 4. The monoisotopic (exact) mass is 703 g/mol. The van der Waals surface area contributed by atoms with Crippen LogP contribution in [0.3, 0.4) is 0 Å². The first-order chi connectivity index (χ1) is 26.5. The Morgan fingerprint density at radius 1 is 0.704 bits per heavy atom. The zero-order chi connectivity index (χ0) is 36.3. The summed E-state index contributed by atoms with van der Waals surface area (Å²) in [5, 5.41) is 4.29. The maximum atomic E-state index is 6.65. The van der Waals surface area contributed by atoms with E-state index in [1.807, 2.05) is 43.3 Å². The van der Waals surface area contributed by atoms with Crippen molar-refractivity contribution < 1.29 is 13.3 Å². The first-order valence-corrected chi connectivity index (χ1v) is 18.6. The topological polar surface area (TPSA) is 78.1 Å². The van der Waals surface area contributed by atoms with Crippen LogP contribution in [0.1, 0.15) is 54.3 Å². The molecule has 0 fully saturated rings. The van der Waals surface area contributed by atoms with Crippen LogP contribution in [0.25, 0.3) is 79.5 Å². The Kier molecular flexibility index (Phi) is 7.65. The quantitative estimate of drug-likeness (QED) is 0.178. The van der Waals surface area contributed by atoms with Crippen molar-refractivity contribution in [3.05, 3.63) is 159 Å². The molecule has 262 valence electrons. The number of rotatable bonds is 5. The van der Waals surface area contributed by atoms with E-state index in [1.165, 1.54) is 5.56 Å². The highest BCUT2D eigenvalue weighted by Crippen LogP contribution is 2.43. The highest BCUT2D eigenvalue weighted by Gasteiger charge is 2.29. The fraction of sp³-hybridized carbons (Fsp3) is 0.146. The van der Waals surface area contributed by atoms with Crippen LogP contribution in [0.4, 0.5) is 0 Å². The Bertz CT molecular complexity index is 3010. The molecule has 0 spiro atoms. The van der Waals surface area contributed by atoms with E-state index < -0.39 is 0 Å². The Labute approximate surface area is 312 Å². The summed E-state index contributed by atoms with van der Waals surface area (Å²) in [6, 6.07) is 31.0. The van der Waals surface area contributed by atoms with Gasteiger partial charge >= 0.3 is 0 Å². The van der Waals surface area contributed by atoms with E-state index in [0.717, 1.165) is 108 Å². The molecule has 54 heavy (non-hydrogen) atoms. The molecule has 0 aliphatic heterocycles. The van der Waals surface area contributed by atoms with Gasteiger partial charge in [0.1, 0.15) is 33.7 Å². The minimum Gasteiger partial charge on any atom is -0.460 e. The van der Waals surface area contributed by atoms with Crippen LogP contribution >= 0.6 is 0 Å². The number of nitrogens with zero attached hydrogens (tertiary/aromatic N) is 3. The van der Waals surface area contributed by atoms with Crippen molar-refractivity contribution in [3.8, 4) is 22.8 Å². The maximum absolute atomic E-state index is 6.65. The lowest BCUT2D eigenvalue weighted by atomic mass is 9.87. The van der Waals surface area contributed by atoms with Crippen molar-refractivity contribution in [3.63, 3.8) is 0 Å². The van der Waals surface area contributed by atoms with Crippen molar-refractivity contribution in [2.24, 2.45) is 5.92 Å². The number of hydrogen-bond acceptors (Lipinski definition) is 6. The number of furan rings is 3. The Balaban J connectivity index is 1.22. The van der Waals surface area contributed by atoms with Crippen LogP contribution in [0.2, 0.25) is 0 Å². The molecule has 0 amide bonds. The first kappa shape index (κ1) is 32.1. The maximum Gasteiger partial charge on any atom is 0.167 e. The minimum atomic E-state index is 0.415. The highest BCUT2D eigenvalue weighted by molar-refractivity contribution is 6.00. The standard InChI is InChI=1S/C48H37N3O3/c1-4-32-33-12-5-7-16-39(33)52-38(32)18-9-11-30-24-26-41-44(36-13-6-8-17-40(36)53-41)43(30)48-50-46(31-22-19-28(2)20-23-31)49-47(51-48)37-15-10-14-35-34-25-21-29(3)27-42(34)54-45(35)37/h4-23,25,29H,24,26-27H2,1-3H3/b11-9+,32-4-,38-18+. The van der Waals surface area contributed by atoms with Gasteiger partial charge in [0, 0.05) is 56.5 Å². The fourth-order valence-electron chi connectivity index (χ4n) is 8.02. The van der Waals surface area contributed by atoms with Crippen molar-refractivity contribution >= 4 is 56.7 Å². The predicted octanol–water partition coefficient (Wildman–Crippen LogP) is 10.5. The van der Waals surface area contributed by atoms with E-state index in [9.17, 15) is 0 Å².